The Bertz CT molecular complexity index is 788. The zero-order valence-electron chi connectivity index (χ0n) is 10.9. The second-order valence-electron chi connectivity index (χ2n) is 4.31. The highest BCUT2D eigenvalue weighted by Gasteiger charge is 2.16. The third kappa shape index (κ3) is 3.68. The fraction of sp³-hybridized carbons (Fsp3) is 0.0714. The van der Waals surface area contributed by atoms with Crippen LogP contribution in [0.25, 0.3) is 0 Å². The van der Waals surface area contributed by atoms with Crippen LogP contribution in [0.1, 0.15) is 17.3 Å². The summed E-state index contributed by atoms with van der Waals surface area (Å²) in [5.41, 5.74) is 0.520. The van der Waals surface area contributed by atoms with Crippen molar-refractivity contribution in [2.45, 2.75) is 11.8 Å². The molecule has 0 heterocycles. The molecule has 0 atom stereocenters. The summed E-state index contributed by atoms with van der Waals surface area (Å²) in [5, 5.41) is 0. The molecule has 0 saturated heterocycles. The van der Waals surface area contributed by atoms with E-state index in [1.165, 1.54) is 43.3 Å². The van der Waals surface area contributed by atoms with Gasteiger partial charge in [0.1, 0.15) is 5.82 Å². The first-order chi connectivity index (χ1) is 9.79. The zero-order valence-corrected chi connectivity index (χ0v) is 13.3. The van der Waals surface area contributed by atoms with Crippen LogP contribution in [0.15, 0.2) is 51.8 Å². The molecule has 1 N–H and O–H groups in total. The molecule has 0 aliphatic heterocycles. The Hall–Kier alpha value is -1.73. The summed E-state index contributed by atoms with van der Waals surface area (Å²) in [4.78, 5) is 11.2. The van der Waals surface area contributed by atoms with Gasteiger partial charge in [-0.25, -0.2) is 12.8 Å². The zero-order chi connectivity index (χ0) is 15.6. The second-order valence-corrected chi connectivity index (χ2v) is 6.85. The number of Topliss-reactive ketones (excluding diaryl/α,β-unsaturated/α-hetero) is 1. The van der Waals surface area contributed by atoms with E-state index in [-0.39, 0.29) is 16.4 Å². The number of halogens is 2. The summed E-state index contributed by atoms with van der Waals surface area (Å²) in [6.07, 6.45) is 0. The van der Waals surface area contributed by atoms with E-state index in [4.69, 9.17) is 0 Å². The molecule has 0 amide bonds. The first-order valence-corrected chi connectivity index (χ1v) is 8.16. The van der Waals surface area contributed by atoms with Crippen LogP contribution in [0.5, 0.6) is 0 Å². The van der Waals surface area contributed by atoms with Gasteiger partial charge in [-0.15, -0.1) is 0 Å². The Kier molecular flexibility index (Phi) is 4.43. The molecule has 2 aromatic rings. The summed E-state index contributed by atoms with van der Waals surface area (Å²) in [5.74, 6) is -0.706. The third-order valence-electron chi connectivity index (χ3n) is 2.74. The molecule has 0 spiro atoms. The van der Waals surface area contributed by atoms with Crippen molar-refractivity contribution in [1.29, 1.82) is 0 Å². The van der Waals surface area contributed by atoms with Crippen molar-refractivity contribution in [3.05, 3.63) is 58.3 Å². The highest BCUT2D eigenvalue weighted by Crippen LogP contribution is 2.26. The van der Waals surface area contributed by atoms with Crippen molar-refractivity contribution >= 4 is 37.4 Å². The van der Waals surface area contributed by atoms with Crippen molar-refractivity contribution in [2.24, 2.45) is 0 Å². The van der Waals surface area contributed by atoms with E-state index in [9.17, 15) is 17.6 Å². The lowest BCUT2D eigenvalue weighted by Crippen LogP contribution is -2.13. The van der Waals surface area contributed by atoms with E-state index >= 15 is 0 Å². The topological polar surface area (TPSA) is 63.2 Å². The predicted octanol–water partition coefficient (Wildman–Crippen LogP) is 3.59. The predicted molar refractivity (Wildman–Crippen MR) is 81.4 cm³/mol. The highest BCUT2D eigenvalue weighted by atomic mass is 79.9. The number of carbonyl (C=O) groups excluding carboxylic acids is 1. The normalized spacial score (nSPS) is 11.2. The van der Waals surface area contributed by atoms with Gasteiger partial charge < -0.3 is 0 Å². The number of nitrogens with one attached hydrogen (secondary N) is 1. The molecule has 0 aromatic heterocycles. The number of benzene rings is 2. The van der Waals surface area contributed by atoms with Crippen LogP contribution in [0.2, 0.25) is 0 Å². The Balaban J connectivity index is 2.34. The average molecular weight is 372 g/mol. The smallest absolute Gasteiger partial charge is 0.261 e. The molecule has 0 unspecified atom stereocenters. The molecule has 0 aliphatic carbocycles. The fourth-order valence-corrected chi connectivity index (χ4v) is 3.20. The molecule has 7 heteroatoms. The van der Waals surface area contributed by atoms with Crippen molar-refractivity contribution < 1.29 is 17.6 Å². The minimum absolute atomic E-state index is 0.0105. The maximum atomic E-state index is 13.2. The molecule has 21 heavy (non-hydrogen) atoms. The van der Waals surface area contributed by atoms with Gasteiger partial charge in [0, 0.05) is 10.0 Å². The summed E-state index contributed by atoms with van der Waals surface area (Å²) >= 11 is 3.15. The highest BCUT2D eigenvalue weighted by molar-refractivity contribution is 9.10. The number of anilines is 1. The van der Waals surface area contributed by atoms with Crippen LogP contribution in [0.3, 0.4) is 0 Å². The van der Waals surface area contributed by atoms with Crippen LogP contribution in [0, 0.1) is 5.82 Å². The SMILES string of the molecule is CC(=O)c1ccc(S(=O)(=O)Nc2cc(F)ccc2Br)cc1. The van der Waals surface area contributed by atoms with E-state index in [1.807, 2.05) is 0 Å². The summed E-state index contributed by atoms with van der Waals surface area (Å²) in [6, 6.07) is 9.20. The van der Waals surface area contributed by atoms with Crippen molar-refractivity contribution in [1.82, 2.24) is 0 Å². The van der Waals surface area contributed by atoms with Gasteiger partial charge in [0.05, 0.1) is 10.6 Å². The average Bonchev–Trinajstić information content (AvgIpc) is 2.43. The van der Waals surface area contributed by atoms with Gasteiger partial charge in [0.2, 0.25) is 0 Å². The first kappa shape index (κ1) is 15.7. The van der Waals surface area contributed by atoms with Gasteiger partial charge in [0.25, 0.3) is 10.0 Å². The summed E-state index contributed by atoms with van der Waals surface area (Å²) in [7, 11) is -3.85. The quantitative estimate of drug-likeness (QED) is 0.835. The Morgan fingerprint density at radius 1 is 1.14 bits per heavy atom. The maximum absolute atomic E-state index is 13.2. The summed E-state index contributed by atoms with van der Waals surface area (Å²) in [6.45, 7) is 1.39. The molecule has 0 fully saturated rings. The van der Waals surface area contributed by atoms with Gasteiger partial charge in [-0.2, -0.15) is 0 Å². The lowest BCUT2D eigenvalue weighted by atomic mass is 10.2. The monoisotopic (exact) mass is 371 g/mol. The minimum atomic E-state index is -3.85. The van der Waals surface area contributed by atoms with Crippen molar-refractivity contribution in [3.8, 4) is 0 Å². The molecule has 0 bridgehead atoms. The number of hydrogen-bond acceptors (Lipinski definition) is 3. The Labute approximate surface area is 130 Å². The molecule has 4 nitrogen and oxygen atoms in total. The number of hydrogen-bond donors (Lipinski definition) is 1. The molecule has 0 aliphatic rings. The Morgan fingerprint density at radius 3 is 2.33 bits per heavy atom. The van der Waals surface area contributed by atoms with E-state index in [0.717, 1.165) is 6.07 Å². The largest absolute Gasteiger partial charge is 0.295 e. The van der Waals surface area contributed by atoms with Gasteiger partial charge in [-0.3, -0.25) is 9.52 Å². The van der Waals surface area contributed by atoms with E-state index in [0.29, 0.717) is 10.0 Å². The van der Waals surface area contributed by atoms with Gasteiger partial charge >= 0.3 is 0 Å². The van der Waals surface area contributed by atoms with Gasteiger partial charge in [-0.1, -0.05) is 12.1 Å². The fourth-order valence-electron chi connectivity index (χ4n) is 1.65. The van der Waals surface area contributed by atoms with E-state index < -0.39 is 15.8 Å². The van der Waals surface area contributed by atoms with Crippen molar-refractivity contribution in [3.63, 3.8) is 0 Å². The first-order valence-electron chi connectivity index (χ1n) is 5.88. The molecule has 2 rings (SSSR count). The Morgan fingerprint density at radius 2 is 1.76 bits per heavy atom. The van der Waals surface area contributed by atoms with E-state index in [2.05, 4.69) is 20.7 Å². The lowest BCUT2D eigenvalue weighted by Gasteiger charge is -2.10. The molecule has 0 saturated carbocycles. The molecule has 0 radical (unpaired) electrons. The standard InChI is InChI=1S/C14H11BrFNO3S/c1-9(18)10-2-5-12(6-3-10)21(19,20)17-14-8-11(16)4-7-13(14)15/h2-8,17H,1H3. The van der Waals surface area contributed by atoms with Crippen LogP contribution < -0.4 is 4.72 Å². The van der Waals surface area contributed by atoms with E-state index in [1.54, 1.807) is 0 Å². The number of carbonyl (C=O) groups is 1. The number of sulfonamides is 1. The van der Waals surface area contributed by atoms with Crippen molar-refractivity contribution in [2.75, 3.05) is 4.72 Å². The molecular formula is C14H11BrFNO3S. The minimum Gasteiger partial charge on any atom is -0.295 e. The van der Waals surface area contributed by atoms with Crippen LogP contribution >= 0.6 is 15.9 Å². The van der Waals surface area contributed by atoms with Gasteiger partial charge in [-0.05, 0) is 53.2 Å². The third-order valence-corrected chi connectivity index (χ3v) is 4.82. The molecular weight excluding hydrogens is 361 g/mol. The van der Waals surface area contributed by atoms with Crippen LogP contribution in [-0.4, -0.2) is 14.2 Å². The lowest BCUT2D eigenvalue weighted by molar-refractivity contribution is 0.101. The molecule has 2 aromatic carbocycles. The van der Waals surface area contributed by atoms with Gasteiger partial charge in [0.15, 0.2) is 5.78 Å². The molecule has 110 valence electrons. The van der Waals surface area contributed by atoms with Crippen LogP contribution in [0.4, 0.5) is 10.1 Å². The second kappa shape index (κ2) is 5.95. The van der Waals surface area contributed by atoms with Crippen LogP contribution in [-0.2, 0) is 10.0 Å². The number of rotatable bonds is 4. The summed E-state index contributed by atoms with van der Waals surface area (Å²) < 4.78 is 40.3. The maximum Gasteiger partial charge on any atom is 0.261 e. The number of ketones is 1.